The number of hydrogen-bond acceptors (Lipinski definition) is 2. The van der Waals surface area contributed by atoms with Crippen molar-refractivity contribution in [2.45, 2.75) is 12.8 Å². The van der Waals surface area contributed by atoms with Crippen LogP contribution in [0.3, 0.4) is 0 Å². The molecule has 74 valence electrons. The fraction of sp³-hybridized carbons (Fsp3) is 0.667. The van der Waals surface area contributed by atoms with Gasteiger partial charge in [0.2, 0.25) is 0 Å². The van der Waals surface area contributed by atoms with Crippen LogP contribution in [-0.2, 0) is 0 Å². The van der Waals surface area contributed by atoms with E-state index in [0.717, 1.165) is 12.8 Å². The molecule has 1 fully saturated rings. The van der Waals surface area contributed by atoms with Gasteiger partial charge in [-0.25, -0.2) is 4.79 Å². The number of hydrogen-bond donors (Lipinski definition) is 2. The minimum atomic E-state index is -0.829. The van der Waals surface area contributed by atoms with E-state index >= 15 is 0 Å². The van der Waals surface area contributed by atoms with Crippen molar-refractivity contribution in [1.82, 2.24) is 4.90 Å². The number of amides is 1. The van der Waals surface area contributed by atoms with Crippen LogP contribution in [0.15, 0.2) is 12.2 Å². The highest BCUT2D eigenvalue weighted by Gasteiger charge is 2.19. The lowest BCUT2D eigenvalue weighted by Gasteiger charge is -2.28. The maximum atomic E-state index is 10.5. The molecule has 0 bridgehead atoms. The molecule has 0 aromatic heterocycles. The second kappa shape index (κ2) is 4.87. The van der Waals surface area contributed by atoms with Gasteiger partial charge in [-0.15, -0.1) is 0 Å². The average molecular weight is 185 g/mol. The molecule has 1 amide bonds. The first-order valence-corrected chi connectivity index (χ1v) is 4.49. The SMILES string of the molecule is O=C(O)N1CCC(/C=C\CO)CC1. The monoisotopic (exact) mass is 185 g/mol. The summed E-state index contributed by atoms with van der Waals surface area (Å²) >= 11 is 0. The number of rotatable bonds is 2. The van der Waals surface area contributed by atoms with E-state index in [1.807, 2.05) is 6.08 Å². The van der Waals surface area contributed by atoms with E-state index < -0.39 is 6.09 Å². The molecule has 1 aliphatic rings. The van der Waals surface area contributed by atoms with Crippen LogP contribution >= 0.6 is 0 Å². The second-order valence-electron chi connectivity index (χ2n) is 3.22. The van der Waals surface area contributed by atoms with Crippen molar-refractivity contribution >= 4 is 6.09 Å². The summed E-state index contributed by atoms with van der Waals surface area (Å²) in [4.78, 5) is 12.0. The van der Waals surface area contributed by atoms with Gasteiger partial charge < -0.3 is 15.1 Å². The number of nitrogens with zero attached hydrogens (tertiary/aromatic N) is 1. The lowest BCUT2D eigenvalue weighted by Crippen LogP contribution is -2.37. The van der Waals surface area contributed by atoms with E-state index in [-0.39, 0.29) is 6.61 Å². The Morgan fingerprint density at radius 1 is 1.46 bits per heavy atom. The first kappa shape index (κ1) is 10.1. The van der Waals surface area contributed by atoms with Gasteiger partial charge in [0.1, 0.15) is 0 Å². The third kappa shape index (κ3) is 3.06. The number of aliphatic hydroxyl groups is 1. The topological polar surface area (TPSA) is 60.8 Å². The van der Waals surface area contributed by atoms with Crippen LogP contribution in [0.1, 0.15) is 12.8 Å². The summed E-state index contributed by atoms with van der Waals surface area (Å²) in [7, 11) is 0. The highest BCUT2D eigenvalue weighted by Crippen LogP contribution is 2.17. The smallest absolute Gasteiger partial charge is 0.407 e. The number of likely N-dealkylation sites (tertiary alicyclic amines) is 1. The van der Waals surface area contributed by atoms with Crippen molar-refractivity contribution in [2.24, 2.45) is 5.92 Å². The number of allylic oxidation sites excluding steroid dienone is 1. The Kier molecular flexibility index (Phi) is 3.76. The van der Waals surface area contributed by atoms with Gasteiger partial charge in [0.25, 0.3) is 0 Å². The van der Waals surface area contributed by atoms with Gasteiger partial charge in [-0.1, -0.05) is 12.2 Å². The fourth-order valence-corrected chi connectivity index (χ4v) is 1.54. The van der Waals surface area contributed by atoms with Crippen LogP contribution in [-0.4, -0.2) is 40.9 Å². The van der Waals surface area contributed by atoms with Crippen LogP contribution in [0.25, 0.3) is 0 Å². The molecule has 1 saturated heterocycles. The number of carboxylic acid groups (broad SMARTS) is 1. The average Bonchev–Trinajstić information content (AvgIpc) is 2.15. The Hall–Kier alpha value is -1.03. The summed E-state index contributed by atoms with van der Waals surface area (Å²) in [5, 5.41) is 17.2. The molecule has 1 aliphatic heterocycles. The van der Waals surface area contributed by atoms with E-state index in [1.54, 1.807) is 6.08 Å². The minimum Gasteiger partial charge on any atom is -0.465 e. The normalized spacial score (nSPS) is 19.6. The third-order valence-electron chi connectivity index (χ3n) is 2.32. The summed E-state index contributed by atoms with van der Waals surface area (Å²) in [5.74, 6) is 0.433. The summed E-state index contributed by atoms with van der Waals surface area (Å²) in [6.07, 6.45) is 4.59. The summed E-state index contributed by atoms with van der Waals surface area (Å²) in [6, 6.07) is 0. The number of aliphatic hydroxyl groups excluding tert-OH is 1. The van der Waals surface area contributed by atoms with E-state index in [2.05, 4.69) is 0 Å². The predicted octanol–water partition coefficient (Wildman–Crippen LogP) is 0.925. The summed E-state index contributed by atoms with van der Waals surface area (Å²) in [5.41, 5.74) is 0. The van der Waals surface area contributed by atoms with Crippen molar-refractivity contribution in [2.75, 3.05) is 19.7 Å². The molecule has 0 atom stereocenters. The van der Waals surface area contributed by atoms with Crippen LogP contribution in [0.4, 0.5) is 4.79 Å². The van der Waals surface area contributed by atoms with Crippen LogP contribution in [0, 0.1) is 5.92 Å². The lowest BCUT2D eigenvalue weighted by molar-refractivity contribution is 0.129. The van der Waals surface area contributed by atoms with Gasteiger partial charge in [-0.2, -0.15) is 0 Å². The molecule has 0 saturated carbocycles. The summed E-state index contributed by atoms with van der Waals surface area (Å²) in [6.45, 7) is 1.28. The Morgan fingerprint density at radius 2 is 2.08 bits per heavy atom. The van der Waals surface area contributed by atoms with Gasteiger partial charge in [0.05, 0.1) is 6.61 Å². The summed E-state index contributed by atoms with van der Waals surface area (Å²) < 4.78 is 0. The Morgan fingerprint density at radius 3 is 2.54 bits per heavy atom. The molecule has 4 heteroatoms. The molecule has 2 N–H and O–H groups in total. The van der Waals surface area contributed by atoms with Gasteiger partial charge in [-0.3, -0.25) is 0 Å². The maximum Gasteiger partial charge on any atom is 0.407 e. The van der Waals surface area contributed by atoms with E-state index in [9.17, 15) is 4.79 Å². The Balaban J connectivity index is 2.30. The first-order valence-electron chi connectivity index (χ1n) is 4.49. The predicted molar refractivity (Wildman–Crippen MR) is 48.5 cm³/mol. The molecule has 0 aromatic carbocycles. The Labute approximate surface area is 77.5 Å². The minimum absolute atomic E-state index is 0.0686. The molecule has 1 heterocycles. The van der Waals surface area contributed by atoms with E-state index in [0.29, 0.717) is 19.0 Å². The van der Waals surface area contributed by atoms with Gasteiger partial charge in [-0.05, 0) is 18.8 Å². The molecule has 0 aliphatic carbocycles. The highest BCUT2D eigenvalue weighted by molar-refractivity contribution is 5.64. The van der Waals surface area contributed by atoms with E-state index in [4.69, 9.17) is 10.2 Å². The lowest BCUT2D eigenvalue weighted by atomic mass is 9.97. The standard InChI is InChI=1S/C9H15NO3/c11-7-1-2-8-3-5-10(6-4-8)9(12)13/h1-2,8,11H,3-7H2,(H,12,13)/b2-1-. The maximum absolute atomic E-state index is 10.5. The number of carbonyl (C=O) groups is 1. The Bertz CT molecular complexity index is 195. The molecule has 0 aromatic rings. The molecular formula is C9H15NO3. The van der Waals surface area contributed by atoms with Crippen LogP contribution in [0.2, 0.25) is 0 Å². The zero-order chi connectivity index (χ0) is 9.68. The molecule has 0 unspecified atom stereocenters. The van der Waals surface area contributed by atoms with E-state index in [1.165, 1.54) is 4.90 Å². The quantitative estimate of drug-likeness (QED) is 0.629. The zero-order valence-electron chi connectivity index (χ0n) is 7.52. The van der Waals surface area contributed by atoms with Crippen molar-refractivity contribution in [3.63, 3.8) is 0 Å². The van der Waals surface area contributed by atoms with Gasteiger partial charge >= 0.3 is 6.09 Å². The molecule has 0 radical (unpaired) electrons. The van der Waals surface area contributed by atoms with Crippen LogP contribution in [0.5, 0.6) is 0 Å². The van der Waals surface area contributed by atoms with Crippen molar-refractivity contribution in [3.05, 3.63) is 12.2 Å². The molecule has 0 spiro atoms. The molecule has 1 rings (SSSR count). The fourth-order valence-electron chi connectivity index (χ4n) is 1.54. The molecular weight excluding hydrogens is 170 g/mol. The van der Waals surface area contributed by atoms with Gasteiger partial charge in [0.15, 0.2) is 0 Å². The second-order valence-corrected chi connectivity index (χ2v) is 3.22. The van der Waals surface area contributed by atoms with Crippen molar-refractivity contribution in [1.29, 1.82) is 0 Å². The van der Waals surface area contributed by atoms with Gasteiger partial charge in [0, 0.05) is 13.1 Å². The third-order valence-corrected chi connectivity index (χ3v) is 2.32. The first-order chi connectivity index (χ1) is 6.24. The largest absolute Gasteiger partial charge is 0.465 e. The van der Waals surface area contributed by atoms with Crippen LogP contribution < -0.4 is 0 Å². The number of piperidine rings is 1. The van der Waals surface area contributed by atoms with Crippen molar-refractivity contribution < 1.29 is 15.0 Å². The van der Waals surface area contributed by atoms with Crippen molar-refractivity contribution in [3.8, 4) is 0 Å². The molecule has 4 nitrogen and oxygen atoms in total. The zero-order valence-corrected chi connectivity index (χ0v) is 7.52. The highest BCUT2D eigenvalue weighted by atomic mass is 16.4. The molecule has 13 heavy (non-hydrogen) atoms.